The summed E-state index contributed by atoms with van der Waals surface area (Å²) in [5, 5.41) is 14.8. The van der Waals surface area contributed by atoms with Gasteiger partial charge >= 0.3 is 5.97 Å². The molecule has 0 aliphatic carbocycles. The Morgan fingerprint density at radius 3 is 2.88 bits per heavy atom. The van der Waals surface area contributed by atoms with Gasteiger partial charge in [0.25, 0.3) is 0 Å². The molecule has 2 N–H and O–H groups in total. The molecular weight excluding hydrogens is 211 g/mol. The minimum Gasteiger partial charge on any atom is -0.477 e. The Balaban J connectivity index is 2.50. The van der Waals surface area contributed by atoms with Crippen molar-refractivity contribution in [2.75, 3.05) is 0 Å². The van der Waals surface area contributed by atoms with Gasteiger partial charge in [0.15, 0.2) is 0 Å². The smallest absolute Gasteiger partial charge is 0.353 e. The lowest BCUT2D eigenvalue weighted by molar-refractivity contribution is 0.0690. The van der Waals surface area contributed by atoms with Crippen molar-refractivity contribution in [3.05, 3.63) is 41.3 Å². The zero-order chi connectivity index (χ0) is 11.7. The fraction of sp³-hybridized carbons (Fsp3) is 0.0909. The molecule has 1 aromatic heterocycles. The van der Waals surface area contributed by atoms with Crippen LogP contribution in [0.5, 0.6) is 0 Å². The second-order valence-corrected chi connectivity index (χ2v) is 3.41. The molecule has 0 atom stereocenters. The lowest BCUT2D eigenvalue weighted by Gasteiger charge is -2.01. The van der Waals surface area contributed by atoms with Crippen molar-refractivity contribution in [2.24, 2.45) is 0 Å². The van der Waals surface area contributed by atoms with Crippen molar-refractivity contribution < 1.29 is 14.3 Å². The third-order valence-corrected chi connectivity index (χ3v) is 2.28. The van der Waals surface area contributed by atoms with E-state index in [0.29, 0.717) is 16.8 Å². The molecule has 0 saturated heterocycles. The number of carbonyl (C=O) groups is 1. The van der Waals surface area contributed by atoms with E-state index in [1.165, 1.54) is 6.07 Å². The van der Waals surface area contributed by atoms with Crippen LogP contribution in [0.15, 0.2) is 24.3 Å². The highest BCUT2D eigenvalue weighted by atomic mass is 19.1. The highest BCUT2D eigenvalue weighted by molar-refractivity contribution is 5.86. The molecule has 4 nitrogen and oxygen atoms in total. The molecule has 82 valence electrons. The maximum absolute atomic E-state index is 13.7. The number of rotatable bonds is 2. The number of halogens is 1. The van der Waals surface area contributed by atoms with Crippen LogP contribution in [-0.4, -0.2) is 21.3 Å². The monoisotopic (exact) mass is 220 g/mol. The van der Waals surface area contributed by atoms with Gasteiger partial charge < -0.3 is 5.11 Å². The van der Waals surface area contributed by atoms with E-state index in [1.807, 2.05) is 0 Å². The number of aromatic nitrogens is 2. The molecule has 2 aromatic rings. The standard InChI is InChI=1S/C11H9FN2O2/c1-6-3-2-4-7(10(6)12)8-5-9(11(15)16)14-13-8/h2-5H,1H3,(H,13,14)(H,15,16). The molecular formula is C11H9FN2O2. The number of aromatic amines is 1. The summed E-state index contributed by atoms with van der Waals surface area (Å²) in [5.74, 6) is -1.50. The van der Waals surface area contributed by atoms with Crippen LogP contribution in [0.2, 0.25) is 0 Å². The molecule has 0 fully saturated rings. The van der Waals surface area contributed by atoms with Crippen LogP contribution in [0.4, 0.5) is 4.39 Å². The minimum atomic E-state index is -1.12. The van der Waals surface area contributed by atoms with Gasteiger partial charge in [-0.25, -0.2) is 9.18 Å². The average Bonchev–Trinajstić information content (AvgIpc) is 2.71. The predicted molar refractivity (Wildman–Crippen MR) is 55.7 cm³/mol. The van der Waals surface area contributed by atoms with Gasteiger partial charge in [-0.2, -0.15) is 5.10 Å². The fourth-order valence-electron chi connectivity index (χ4n) is 1.41. The lowest BCUT2D eigenvalue weighted by atomic mass is 10.1. The molecule has 0 radical (unpaired) electrons. The molecule has 1 aromatic carbocycles. The second-order valence-electron chi connectivity index (χ2n) is 3.41. The van der Waals surface area contributed by atoms with E-state index in [4.69, 9.17) is 5.11 Å². The summed E-state index contributed by atoms with van der Waals surface area (Å²) in [7, 11) is 0. The van der Waals surface area contributed by atoms with Crippen LogP contribution in [0.25, 0.3) is 11.3 Å². The summed E-state index contributed by atoms with van der Waals surface area (Å²) in [5.41, 5.74) is 1.02. The largest absolute Gasteiger partial charge is 0.477 e. The normalized spacial score (nSPS) is 10.4. The van der Waals surface area contributed by atoms with E-state index in [-0.39, 0.29) is 11.5 Å². The summed E-state index contributed by atoms with van der Waals surface area (Å²) < 4.78 is 13.7. The summed E-state index contributed by atoms with van der Waals surface area (Å²) in [6, 6.07) is 6.21. The van der Waals surface area contributed by atoms with Crippen molar-refractivity contribution in [3.63, 3.8) is 0 Å². The molecule has 5 heteroatoms. The number of hydrogen-bond donors (Lipinski definition) is 2. The molecule has 0 saturated carbocycles. The first-order valence-electron chi connectivity index (χ1n) is 4.64. The molecule has 1 heterocycles. The predicted octanol–water partition coefficient (Wildman–Crippen LogP) is 2.22. The Kier molecular flexibility index (Phi) is 2.44. The third kappa shape index (κ3) is 1.67. The first kappa shape index (κ1) is 10.4. The van der Waals surface area contributed by atoms with Crippen molar-refractivity contribution in [2.45, 2.75) is 6.92 Å². The number of nitrogens with one attached hydrogen (secondary N) is 1. The second kappa shape index (κ2) is 3.77. The van der Waals surface area contributed by atoms with Crippen molar-refractivity contribution in [1.29, 1.82) is 0 Å². The molecule has 0 aliphatic rings. The van der Waals surface area contributed by atoms with Gasteiger partial charge in [-0.05, 0) is 24.6 Å². The molecule has 0 unspecified atom stereocenters. The van der Waals surface area contributed by atoms with Gasteiger partial charge in [-0.15, -0.1) is 0 Å². The van der Waals surface area contributed by atoms with E-state index in [9.17, 15) is 9.18 Å². The van der Waals surface area contributed by atoms with Crippen LogP contribution in [-0.2, 0) is 0 Å². The van der Waals surface area contributed by atoms with E-state index in [0.717, 1.165) is 0 Å². The molecule has 0 spiro atoms. The number of aryl methyl sites for hydroxylation is 1. The molecule has 0 amide bonds. The number of H-pyrrole nitrogens is 1. The van der Waals surface area contributed by atoms with E-state index >= 15 is 0 Å². The zero-order valence-corrected chi connectivity index (χ0v) is 8.49. The number of aromatic carboxylic acids is 1. The summed E-state index contributed by atoms with van der Waals surface area (Å²) in [4.78, 5) is 10.6. The summed E-state index contributed by atoms with van der Waals surface area (Å²) in [6.07, 6.45) is 0. The highest BCUT2D eigenvalue weighted by Crippen LogP contribution is 2.23. The van der Waals surface area contributed by atoms with Gasteiger partial charge in [-0.3, -0.25) is 5.10 Å². The number of hydrogen-bond acceptors (Lipinski definition) is 2. The Hall–Kier alpha value is -2.17. The van der Waals surface area contributed by atoms with Crippen molar-refractivity contribution in [3.8, 4) is 11.3 Å². The van der Waals surface area contributed by atoms with Crippen LogP contribution >= 0.6 is 0 Å². The third-order valence-electron chi connectivity index (χ3n) is 2.28. The van der Waals surface area contributed by atoms with Gasteiger partial charge in [0.05, 0.1) is 5.69 Å². The number of benzene rings is 1. The first-order chi connectivity index (χ1) is 7.59. The first-order valence-corrected chi connectivity index (χ1v) is 4.64. The van der Waals surface area contributed by atoms with Crippen LogP contribution < -0.4 is 0 Å². The highest BCUT2D eigenvalue weighted by Gasteiger charge is 2.13. The number of nitrogens with zero attached hydrogens (tertiary/aromatic N) is 1. The quantitative estimate of drug-likeness (QED) is 0.815. The zero-order valence-electron chi connectivity index (χ0n) is 8.49. The van der Waals surface area contributed by atoms with Gasteiger partial charge in [0, 0.05) is 5.56 Å². The summed E-state index contributed by atoms with van der Waals surface area (Å²) in [6.45, 7) is 1.64. The van der Waals surface area contributed by atoms with Gasteiger partial charge in [0.2, 0.25) is 0 Å². The Morgan fingerprint density at radius 1 is 1.50 bits per heavy atom. The number of carboxylic acids is 1. The van der Waals surface area contributed by atoms with Crippen molar-refractivity contribution in [1.82, 2.24) is 10.2 Å². The van der Waals surface area contributed by atoms with Crippen LogP contribution in [0.1, 0.15) is 16.1 Å². The average molecular weight is 220 g/mol. The lowest BCUT2D eigenvalue weighted by Crippen LogP contribution is -1.95. The Bertz CT molecular complexity index is 549. The molecule has 2 rings (SSSR count). The molecule has 0 bridgehead atoms. The van der Waals surface area contributed by atoms with Crippen molar-refractivity contribution >= 4 is 5.97 Å². The van der Waals surface area contributed by atoms with Crippen LogP contribution in [0.3, 0.4) is 0 Å². The molecule has 0 aliphatic heterocycles. The van der Waals surface area contributed by atoms with E-state index < -0.39 is 5.97 Å². The fourth-order valence-corrected chi connectivity index (χ4v) is 1.41. The maximum Gasteiger partial charge on any atom is 0.353 e. The minimum absolute atomic E-state index is 0.0593. The van der Waals surface area contributed by atoms with Crippen LogP contribution in [0, 0.1) is 12.7 Å². The SMILES string of the molecule is Cc1cccc(-c2cc(C(=O)O)[nH]n2)c1F. The number of carboxylic acid groups (broad SMARTS) is 1. The van der Waals surface area contributed by atoms with E-state index in [1.54, 1.807) is 25.1 Å². The summed E-state index contributed by atoms with van der Waals surface area (Å²) >= 11 is 0. The van der Waals surface area contributed by atoms with Gasteiger partial charge in [0.1, 0.15) is 11.5 Å². The molecule has 16 heavy (non-hydrogen) atoms. The topological polar surface area (TPSA) is 66.0 Å². The van der Waals surface area contributed by atoms with Gasteiger partial charge in [-0.1, -0.05) is 12.1 Å². The van der Waals surface area contributed by atoms with E-state index in [2.05, 4.69) is 10.2 Å². The Labute approximate surface area is 90.7 Å². The maximum atomic E-state index is 13.7. The Morgan fingerprint density at radius 2 is 2.25 bits per heavy atom.